The van der Waals surface area contributed by atoms with Gasteiger partial charge in [0.1, 0.15) is 12.6 Å². The minimum atomic E-state index is -2.10. The highest BCUT2D eigenvalue weighted by atomic mass is 16.4. The van der Waals surface area contributed by atoms with Crippen LogP contribution in [0.2, 0.25) is 0 Å². The molecule has 0 saturated heterocycles. The second kappa shape index (κ2) is 16.6. The van der Waals surface area contributed by atoms with E-state index >= 15 is 0 Å². The lowest BCUT2D eigenvalue weighted by Crippen LogP contribution is -2.58. The van der Waals surface area contributed by atoms with Crippen LogP contribution < -0.4 is 5.11 Å². The van der Waals surface area contributed by atoms with Crippen LogP contribution in [0.4, 0.5) is 0 Å². The van der Waals surface area contributed by atoms with Crippen molar-refractivity contribution < 1.29 is 34.9 Å². The number of carboxylic acids is 1. The number of quaternary nitrogens is 1. The maximum Gasteiger partial charge on any atom is 0.198 e. The van der Waals surface area contributed by atoms with Crippen molar-refractivity contribution in [1.82, 2.24) is 0 Å². The Balaban J connectivity index is 0. The van der Waals surface area contributed by atoms with Crippen molar-refractivity contribution in [3.8, 4) is 0 Å². The average molecular weight is 434 g/mol. The molecule has 0 fully saturated rings. The zero-order chi connectivity index (χ0) is 22.3. The summed E-state index contributed by atoms with van der Waals surface area (Å²) in [5.41, 5.74) is -2.10. The number of carboxylic acid groups (broad SMARTS) is 1. The topological polar surface area (TPSA) is 129 Å². The molecule has 0 aliphatic heterocycles. The number of carbonyl (C=O) groups is 2. The third kappa shape index (κ3) is 15.8. The summed E-state index contributed by atoms with van der Waals surface area (Å²) in [7, 11) is 5.27. The molecule has 180 valence electrons. The number of rotatable bonds is 19. The maximum absolute atomic E-state index is 12.5. The van der Waals surface area contributed by atoms with Crippen LogP contribution in [0.5, 0.6) is 0 Å². The Morgan fingerprint density at radius 1 is 0.867 bits per heavy atom. The fraction of sp³-hybridized carbons (Fsp3) is 0.913. The molecule has 0 spiro atoms. The molecule has 0 aromatic rings. The van der Waals surface area contributed by atoms with Gasteiger partial charge in [-0.3, -0.25) is 4.79 Å². The zero-order valence-corrected chi connectivity index (χ0v) is 19.8. The number of hydrogen-bond donors (Lipinski definition) is 2. The summed E-state index contributed by atoms with van der Waals surface area (Å²) in [6, 6.07) is 0. The lowest BCUT2D eigenvalue weighted by molar-refractivity contribution is -0.875. The predicted octanol–water partition coefficient (Wildman–Crippen LogP) is 1.76. The van der Waals surface area contributed by atoms with E-state index in [4.69, 9.17) is 0 Å². The molecule has 2 unspecified atom stereocenters. The van der Waals surface area contributed by atoms with Crippen LogP contribution in [0.1, 0.15) is 96.8 Å². The summed E-state index contributed by atoms with van der Waals surface area (Å²) in [4.78, 5) is 23.5. The third-order valence-corrected chi connectivity index (χ3v) is 5.27. The van der Waals surface area contributed by atoms with Crippen LogP contribution in [0.15, 0.2) is 0 Å². The van der Waals surface area contributed by atoms with E-state index in [9.17, 15) is 24.9 Å². The van der Waals surface area contributed by atoms with Gasteiger partial charge in [-0.15, -0.1) is 0 Å². The van der Waals surface area contributed by atoms with E-state index in [1.54, 1.807) is 21.1 Å². The van der Waals surface area contributed by atoms with Gasteiger partial charge in [0, 0.05) is 12.4 Å². The molecule has 0 aromatic heterocycles. The van der Waals surface area contributed by atoms with Gasteiger partial charge in [-0.2, -0.15) is 0 Å². The van der Waals surface area contributed by atoms with Crippen molar-refractivity contribution in [3.63, 3.8) is 0 Å². The Morgan fingerprint density at radius 3 is 1.63 bits per heavy atom. The second-order valence-electron chi connectivity index (χ2n) is 9.59. The number of carbonyl (C=O) groups excluding carboxylic acids is 2. The van der Waals surface area contributed by atoms with Crippen LogP contribution in [0.25, 0.3) is 0 Å². The van der Waals surface area contributed by atoms with Gasteiger partial charge in [-0.25, -0.2) is 0 Å². The van der Waals surface area contributed by atoms with Crippen LogP contribution >= 0.6 is 0 Å². The van der Waals surface area contributed by atoms with Crippen molar-refractivity contribution in [2.45, 2.75) is 109 Å². The third-order valence-electron chi connectivity index (χ3n) is 5.27. The Bertz CT molecular complexity index is 463. The molecule has 0 rings (SSSR count). The smallest absolute Gasteiger partial charge is 0.198 e. The Hall–Kier alpha value is -1.02. The van der Waals surface area contributed by atoms with Crippen LogP contribution in [0.3, 0.4) is 0 Å². The molecule has 2 atom stereocenters. The van der Waals surface area contributed by atoms with Gasteiger partial charge >= 0.3 is 0 Å². The van der Waals surface area contributed by atoms with Crippen molar-refractivity contribution in [1.29, 1.82) is 0 Å². The molecule has 0 amide bonds. The molecule has 30 heavy (non-hydrogen) atoms. The number of ketones is 1. The first-order chi connectivity index (χ1) is 13.5. The van der Waals surface area contributed by atoms with Crippen LogP contribution in [-0.2, 0) is 9.59 Å². The normalized spacial score (nSPS) is 14.6. The molecule has 0 aliphatic carbocycles. The lowest BCUT2D eigenvalue weighted by Gasteiger charge is -2.35. The van der Waals surface area contributed by atoms with Gasteiger partial charge in [0.25, 0.3) is 0 Å². The molecule has 0 saturated carbocycles. The number of aliphatic carboxylic acids is 1. The average Bonchev–Trinajstić information content (AvgIpc) is 2.59. The van der Waals surface area contributed by atoms with Gasteiger partial charge in [-0.05, 0) is 6.42 Å². The van der Waals surface area contributed by atoms with E-state index in [2.05, 4.69) is 6.92 Å². The molecular formula is C23H47NO6. The summed E-state index contributed by atoms with van der Waals surface area (Å²) in [5, 5.41) is 31.8. The molecule has 4 N–H and O–H groups in total. The zero-order valence-electron chi connectivity index (χ0n) is 19.8. The summed E-state index contributed by atoms with van der Waals surface area (Å²) in [6.45, 7) is 2.14. The van der Waals surface area contributed by atoms with E-state index in [1.165, 1.54) is 51.4 Å². The highest BCUT2D eigenvalue weighted by Crippen LogP contribution is 2.20. The van der Waals surface area contributed by atoms with Crippen molar-refractivity contribution in [2.24, 2.45) is 0 Å². The van der Waals surface area contributed by atoms with E-state index in [0.717, 1.165) is 19.3 Å². The molecule has 0 radical (unpaired) electrons. The summed E-state index contributed by atoms with van der Waals surface area (Å²) >= 11 is 0. The SMILES string of the molecule is CCCCCCCCCCCCCCC(O)C(=O)C(O)(CC(=O)[O-])C[N+](C)(C)C.O. The van der Waals surface area contributed by atoms with Crippen LogP contribution in [-0.4, -0.2) is 71.3 Å². The fourth-order valence-corrected chi connectivity index (χ4v) is 3.86. The summed E-state index contributed by atoms with van der Waals surface area (Å²) in [5.74, 6) is -2.30. The number of nitrogens with zero attached hydrogens (tertiary/aromatic N) is 1. The van der Waals surface area contributed by atoms with E-state index in [0.29, 0.717) is 6.42 Å². The molecule has 0 aliphatic rings. The number of unbranched alkanes of at least 4 members (excludes halogenated alkanes) is 11. The first kappa shape index (κ1) is 31.2. The number of likely N-dealkylation sites (N-methyl/N-ethyl adjacent to an activating group) is 1. The highest BCUT2D eigenvalue weighted by molar-refractivity contribution is 5.93. The number of aliphatic hydroxyl groups is 2. The largest absolute Gasteiger partial charge is 0.550 e. The van der Waals surface area contributed by atoms with Gasteiger partial charge in [0.15, 0.2) is 11.4 Å². The van der Waals surface area contributed by atoms with E-state index < -0.39 is 29.9 Å². The quantitative estimate of drug-likeness (QED) is 0.237. The van der Waals surface area contributed by atoms with Gasteiger partial charge in [0.05, 0.1) is 21.1 Å². The maximum atomic E-state index is 12.5. The Morgan fingerprint density at radius 2 is 1.27 bits per heavy atom. The van der Waals surface area contributed by atoms with Crippen molar-refractivity contribution in [2.75, 3.05) is 27.7 Å². The van der Waals surface area contributed by atoms with Crippen molar-refractivity contribution >= 4 is 11.8 Å². The minimum absolute atomic E-state index is 0. The Kier molecular flexibility index (Phi) is 17.3. The molecule has 7 nitrogen and oxygen atoms in total. The first-order valence-corrected chi connectivity index (χ1v) is 11.5. The highest BCUT2D eigenvalue weighted by Gasteiger charge is 2.43. The fourth-order valence-electron chi connectivity index (χ4n) is 3.86. The monoisotopic (exact) mass is 433 g/mol. The number of aliphatic hydroxyl groups excluding tert-OH is 1. The molecule has 0 aromatic carbocycles. The van der Waals surface area contributed by atoms with E-state index in [-0.39, 0.29) is 22.9 Å². The minimum Gasteiger partial charge on any atom is -0.550 e. The second-order valence-corrected chi connectivity index (χ2v) is 9.59. The first-order valence-electron chi connectivity index (χ1n) is 11.5. The Labute approximate surface area is 183 Å². The lowest BCUT2D eigenvalue weighted by atomic mass is 9.88. The van der Waals surface area contributed by atoms with E-state index in [1.807, 2.05) is 0 Å². The molecule has 0 heterocycles. The predicted molar refractivity (Wildman–Crippen MR) is 118 cm³/mol. The number of Topliss-reactive ketones (excluding diaryl/α,β-unsaturated/α-hetero) is 1. The molecular weight excluding hydrogens is 386 g/mol. The molecule has 7 heteroatoms. The standard InChI is InChI=1S/C23H45NO5.H2O/c1-5-6-7-8-9-10-11-12-13-14-15-16-17-20(25)22(28)23(29,18-21(26)27)19-24(2,3)4;/h20,25,29H,5-19H2,1-4H3;1H2. The van der Waals surface area contributed by atoms with Gasteiger partial charge in [-0.1, -0.05) is 84.0 Å². The van der Waals surface area contributed by atoms with Crippen molar-refractivity contribution in [3.05, 3.63) is 0 Å². The van der Waals surface area contributed by atoms with Gasteiger partial charge < -0.3 is 30.1 Å². The molecule has 0 bridgehead atoms. The van der Waals surface area contributed by atoms with Gasteiger partial charge in [0.2, 0.25) is 0 Å². The number of hydrogen-bond acceptors (Lipinski definition) is 5. The summed E-state index contributed by atoms with van der Waals surface area (Å²) in [6.07, 6.45) is 12.4. The van der Waals surface area contributed by atoms with Crippen LogP contribution in [0, 0.1) is 0 Å². The summed E-state index contributed by atoms with van der Waals surface area (Å²) < 4.78 is 0.209.